The van der Waals surface area contributed by atoms with Gasteiger partial charge in [-0.2, -0.15) is 0 Å². The fraction of sp³-hybridized carbons (Fsp3) is 0.300. The van der Waals surface area contributed by atoms with Gasteiger partial charge in [-0.25, -0.2) is 4.79 Å². The molecule has 0 saturated heterocycles. The second-order valence-corrected chi connectivity index (χ2v) is 4.48. The molecule has 0 radical (unpaired) electrons. The van der Waals surface area contributed by atoms with E-state index >= 15 is 0 Å². The summed E-state index contributed by atoms with van der Waals surface area (Å²) >= 11 is 2.08. The summed E-state index contributed by atoms with van der Waals surface area (Å²) in [5.74, 6) is -0.150. The van der Waals surface area contributed by atoms with Gasteiger partial charge in [0.1, 0.15) is 0 Å². The van der Waals surface area contributed by atoms with Crippen molar-refractivity contribution in [1.29, 1.82) is 0 Å². The minimum absolute atomic E-state index is 0.407. The van der Waals surface area contributed by atoms with Gasteiger partial charge < -0.3 is 5.11 Å². The SMILES string of the molecule is O=C(O)c1ccc(C2CC2)cc1I. The van der Waals surface area contributed by atoms with Crippen LogP contribution in [0.25, 0.3) is 0 Å². The minimum atomic E-state index is -0.841. The Labute approximate surface area is 90.1 Å². The first-order valence-corrected chi connectivity index (χ1v) is 5.29. The number of aromatic carboxylic acids is 1. The van der Waals surface area contributed by atoms with Gasteiger partial charge in [0.25, 0.3) is 0 Å². The van der Waals surface area contributed by atoms with E-state index in [1.807, 2.05) is 12.1 Å². The molecule has 3 heteroatoms. The molecule has 1 saturated carbocycles. The number of carboxylic acid groups (broad SMARTS) is 1. The molecule has 0 unspecified atom stereocenters. The highest BCUT2D eigenvalue weighted by atomic mass is 127. The summed E-state index contributed by atoms with van der Waals surface area (Å²) in [5, 5.41) is 8.81. The normalized spacial score (nSPS) is 15.8. The first-order valence-electron chi connectivity index (χ1n) is 4.21. The first-order chi connectivity index (χ1) is 6.18. The van der Waals surface area contributed by atoms with E-state index < -0.39 is 5.97 Å². The van der Waals surface area contributed by atoms with Crippen LogP contribution in [0.2, 0.25) is 0 Å². The monoisotopic (exact) mass is 288 g/mol. The van der Waals surface area contributed by atoms with Crippen molar-refractivity contribution in [3.63, 3.8) is 0 Å². The fourth-order valence-electron chi connectivity index (χ4n) is 1.38. The van der Waals surface area contributed by atoms with Gasteiger partial charge in [-0.1, -0.05) is 6.07 Å². The molecule has 1 aliphatic rings. The Morgan fingerprint density at radius 3 is 2.62 bits per heavy atom. The number of hydrogen-bond donors (Lipinski definition) is 1. The molecule has 0 heterocycles. The van der Waals surface area contributed by atoms with Crippen molar-refractivity contribution in [1.82, 2.24) is 0 Å². The van der Waals surface area contributed by atoms with Crippen LogP contribution in [0.4, 0.5) is 0 Å². The minimum Gasteiger partial charge on any atom is -0.478 e. The third kappa shape index (κ3) is 1.85. The molecule has 1 aliphatic carbocycles. The fourth-order valence-corrected chi connectivity index (χ4v) is 2.15. The predicted octanol–water partition coefficient (Wildman–Crippen LogP) is 2.87. The predicted molar refractivity (Wildman–Crippen MR) is 58.1 cm³/mol. The van der Waals surface area contributed by atoms with Crippen LogP contribution in [-0.4, -0.2) is 11.1 Å². The standard InChI is InChI=1S/C10H9IO2/c11-9-5-7(6-1-2-6)3-4-8(9)10(12)13/h3-6H,1-2H2,(H,12,13). The molecule has 1 fully saturated rings. The average Bonchev–Trinajstić information content (AvgIpc) is 2.85. The molecule has 0 bridgehead atoms. The molecule has 0 amide bonds. The molecule has 0 aromatic heterocycles. The van der Waals surface area contributed by atoms with E-state index in [0.717, 1.165) is 3.57 Å². The number of rotatable bonds is 2. The lowest BCUT2D eigenvalue weighted by molar-refractivity contribution is 0.0695. The summed E-state index contributed by atoms with van der Waals surface area (Å²) in [6, 6.07) is 5.63. The van der Waals surface area contributed by atoms with E-state index in [1.165, 1.54) is 18.4 Å². The van der Waals surface area contributed by atoms with Crippen molar-refractivity contribution in [2.75, 3.05) is 0 Å². The van der Waals surface area contributed by atoms with E-state index in [0.29, 0.717) is 11.5 Å². The van der Waals surface area contributed by atoms with Crippen LogP contribution in [0.1, 0.15) is 34.7 Å². The van der Waals surface area contributed by atoms with Crippen molar-refractivity contribution in [3.05, 3.63) is 32.9 Å². The first kappa shape index (κ1) is 8.99. The molecule has 1 N–H and O–H groups in total. The lowest BCUT2D eigenvalue weighted by Crippen LogP contribution is -1.99. The quantitative estimate of drug-likeness (QED) is 0.850. The van der Waals surface area contributed by atoms with Gasteiger partial charge in [-0.05, 0) is 59.0 Å². The van der Waals surface area contributed by atoms with Crippen LogP contribution in [-0.2, 0) is 0 Å². The molecular weight excluding hydrogens is 279 g/mol. The van der Waals surface area contributed by atoms with Gasteiger partial charge in [0, 0.05) is 3.57 Å². The highest BCUT2D eigenvalue weighted by Gasteiger charge is 2.24. The largest absolute Gasteiger partial charge is 0.478 e. The van der Waals surface area contributed by atoms with Crippen LogP contribution in [0, 0.1) is 3.57 Å². The van der Waals surface area contributed by atoms with Crippen LogP contribution in [0.3, 0.4) is 0 Å². The summed E-state index contributed by atoms with van der Waals surface area (Å²) in [7, 11) is 0. The molecule has 68 valence electrons. The van der Waals surface area contributed by atoms with Crippen molar-refractivity contribution in [2.24, 2.45) is 0 Å². The van der Waals surface area contributed by atoms with Crippen LogP contribution < -0.4 is 0 Å². The number of carbonyl (C=O) groups is 1. The van der Waals surface area contributed by atoms with E-state index in [2.05, 4.69) is 22.6 Å². The summed E-state index contributed by atoms with van der Waals surface area (Å²) in [5.41, 5.74) is 1.69. The maximum absolute atomic E-state index is 10.7. The van der Waals surface area contributed by atoms with Gasteiger partial charge in [-0.3, -0.25) is 0 Å². The zero-order valence-corrected chi connectivity index (χ0v) is 9.11. The third-order valence-electron chi connectivity index (χ3n) is 2.27. The Kier molecular flexibility index (Phi) is 2.27. The van der Waals surface area contributed by atoms with Crippen molar-refractivity contribution in [3.8, 4) is 0 Å². The maximum Gasteiger partial charge on any atom is 0.336 e. The van der Waals surface area contributed by atoms with E-state index in [9.17, 15) is 4.79 Å². The maximum atomic E-state index is 10.7. The van der Waals surface area contributed by atoms with Gasteiger partial charge >= 0.3 is 5.97 Å². The Balaban J connectivity index is 2.36. The third-order valence-corrected chi connectivity index (χ3v) is 3.16. The van der Waals surface area contributed by atoms with Gasteiger partial charge in [0.2, 0.25) is 0 Å². The van der Waals surface area contributed by atoms with Crippen LogP contribution in [0.5, 0.6) is 0 Å². The number of halogens is 1. The highest BCUT2D eigenvalue weighted by Crippen LogP contribution is 2.40. The number of carboxylic acids is 1. The van der Waals surface area contributed by atoms with Gasteiger partial charge in [0.15, 0.2) is 0 Å². The van der Waals surface area contributed by atoms with Gasteiger partial charge in [-0.15, -0.1) is 0 Å². The summed E-state index contributed by atoms with van der Waals surface area (Å²) in [6.45, 7) is 0. The topological polar surface area (TPSA) is 37.3 Å². The molecule has 0 spiro atoms. The van der Waals surface area contributed by atoms with Crippen molar-refractivity contribution < 1.29 is 9.90 Å². The average molecular weight is 288 g/mol. The second kappa shape index (κ2) is 3.29. The Morgan fingerprint density at radius 1 is 1.46 bits per heavy atom. The summed E-state index contributed by atoms with van der Waals surface area (Å²) in [4.78, 5) is 10.7. The number of hydrogen-bond acceptors (Lipinski definition) is 1. The van der Waals surface area contributed by atoms with Crippen molar-refractivity contribution in [2.45, 2.75) is 18.8 Å². The molecule has 13 heavy (non-hydrogen) atoms. The smallest absolute Gasteiger partial charge is 0.336 e. The molecule has 2 nitrogen and oxygen atoms in total. The van der Waals surface area contributed by atoms with Gasteiger partial charge in [0.05, 0.1) is 5.56 Å². The zero-order valence-electron chi connectivity index (χ0n) is 6.96. The van der Waals surface area contributed by atoms with Crippen molar-refractivity contribution >= 4 is 28.6 Å². The van der Waals surface area contributed by atoms with Crippen LogP contribution in [0.15, 0.2) is 18.2 Å². The highest BCUT2D eigenvalue weighted by molar-refractivity contribution is 14.1. The molecule has 2 rings (SSSR count). The van der Waals surface area contributed by atoms with E-state index in [4.69, 9.17) is 5.11 Å². The molecule has 1 aromatic carbocycles. The lowest BCUT2D eigenvalue weighted by atomic mass is 10.1. The molecular formula is C10H9IO2. The summed E-state index contributed by atoms with van der Waals surface area (Å²) in [6.07, 6.45) is 2.50. The second-order valence-electron chi connectivity index (χ2n) is 3.32. The Bertz CT molecular complexity index is 356. The molecule has 1 aromatic rings. The Hall–Kier alpha value is -0.580. The lowest BCUT2D eigenvalue weighted by Gasteiger charge is -2.02. The van der Waals surface area contributed by atoms with E-state index in [1.54, 1.807) is 6.07 Å². The summed E-state index contributed by atoms with van der Waals surface area (Å²) < 4.78 is 0.842. The zero-order chi connectivity index (χ0) is 9.42. The molecule has 0 atom stereocenters. The van der Waals surface area contributed by atoms with Crippen LogP contribution >= 0.6 is 22.6 Å². The number of benzene rings is 1. The Morgan fingerprint density at radius 2 is 2.15 bits per heavy atom. The van der Waals surface area contributed by atoms with E-state index in [-0.39, 0.29) is 0 Å². The molecule has 0 aliphatic heterocycles.